The smallest absolute Gasteiger partial charge is 0.0654 e. The normalized spacial score (nSPS) is 32.1. The van der Waals surface area contributed by atoms with Gasteiger partial charge in [-0.15, -0.1) is 0 Å². The second-order valence-corrected chi connectivity index (χ2v) is 11.0. The van der Waals surface area contributed by atoms with Gasteiger partial charge in [0.05, 0.1) is 11.7 Å². The Morgan fingerprint density at radius 1 is 1.28 bits per heavy atom. The molecule has 3 rings (SSSR count). The molecule has 3 nitrogen and oxygen atoms in total. The largest absolute Gasteiger partial charge is 0.392 e. The Balaban J connectivity index is 1.37. The number of hydrogen-bond donors (Lipinski definition) is 2. The van der Waals surface area contributed by atoms with Crippen molar-refractivity contribution >= 4 is 11.8 Å². The Labute approximate surface area is 183 Å². The van der Waals surface area contributed by atoms with E-state index in [-0.39, 0.29) is 12.0 Å². The number of allylic oxidation sites excluding steroid dienone is 1. The summed E-state index contributed by atoms with van der Waals surface area (Å²) in [5.74, 6) is 3.83. The van der Waals surface area contributed by atoms with E-state index < -0.39 is 5.60 Å². The van der Waals surface area contributed by atoms with E-state index in [1.165, 1.54) is 50.4 Å². The Morgan fingerprint density at radius 3 is 2.83 bits per heavy atom. The first-order valence-corrected chi connectivity index (χ1v) is 13.2. The van der Waals surface area contributed by atoms with Crippen molar-refractivity contribution in [1.82, 2.24) is 4.90 Å². The molecule has 2 aliphatic carbocycles. The van der Waals surface area contributed by atoms with Gasteiger partial charge in [0.25, 0.3) is 0 Å². The molecule has 0 aromatic rings. The van der Waals surface area contributed by atoms with Crippen LogP contribution in [0.15, 0.2) is 23.8 Å². The standard InChI is InChI=1S/C25H43NO2S/c1-3-4-10-25(2,28)11-7-9-22-23-17-20(16-21(23)18-24(22)27)19-29-15-8-14-26-12-5-6-13-26/h7,9,16,21-24,27-28H,3-6,8,10-15,17-19H2,1-2H3/b9-7+/t21-,22+,23-,24+,25-/m0/s1. The van der Waals surface area contributed by atoms with Crippen LogP contribution in [0, 0.1) is 17.8 Å². The number of aliphatic hydroxyl groups excluding tert-OH is 1. The summed E-state index contributed by atoms with van der Waals surface area (Å²) in [6, 6.07) is 0. The van der Waals surface area contributed by atoms with E-state index in [1.807, 2.05) is 6.92 Å². The first-order chi connectivity index (χ1) is 14.0. The molecule has 1 heterocycles. The predicted molar refractivity (Wildman–Crippen MR) is 125 cm³/mol. The van der Waals surface area contributed by atoms with Gasteiger partial charge in [0.2, 0.25) is 0 Å². The second kappa shape index (κ2) is 11.4. The van der Waals surface area contributed by atoms with E-state index in [9.17, 15) is 10.2 Å². The highest BCUT2D eigenvalue weighted by Gasteiger charge is 2.43. The lowest BCUT2D eigenvalue weighted by atomic mass is 9.88. The molecule has 5 atom stereocenters. The summed E-state index contributed by atoms with van der Waals surface area (Å²) in [6.45, 7) is 8.00. The molecule has 0 radical (unpaired) electrons. The summed E-state index contributed by atoms with van der Waals surface area (Å²) in [7, 11) is 0. The zero-order chi connectivity index (χ0) is 20.7. The van der Waals surface area contributed by atoms with Crippen molar-refractivity contribution in [2.24, 2.45) is 17.8 Å². The maximum absolute atomic E-state index is 10.5. The molecule has 0 aromatic heterocycles. The van der Waals surface area contributed by atoms with E-state index in [4.69, 9.17) is 0 Å². The van der Waals surface area contributed by atoms with Crippen LogP contribution in [0.3, 0.4) is 0 Å². The maximum Gasteiger partial charge on any atom is 0.0654 e. The molecule has 1 aliphatic heterocycles. The third-order valence-electron chi connectivity index (χ3n) is 7.18. The fourth-order valence-corrected chi connectivity index (χ4v) is 6.40. The Morgan fingerprint density at radius 2 is 2.07 bits per heavy atom. The van der Waals surface area contributed by atoms with Gasteiger partial charge in [0.1, 0.15) is 0 Å². The van der Waals surface area contributed by atoms with E-state index in [2.05, 4.69) is 41.8 Å². The number of thioether (sulfide) groups is 1. The number of aliphatic hydroxyl groups is 2. The Bertz CT molecular complexity index is 553. The average molecular weight is 422 g/mol. The molecular weight excluding hydrogens is 378 g/mol. The molecule has 1 saturated carbocycles. The predicted octanol–water partition coefficient (Wildman–Crippen LogP) is 5.04. The van der Waals surface area contributed by atoms with Crippen LogP contribution in [0.25, 0.3) is 0 Å². The summed E-state index contributed by atoms with van der Waals surface area (Å²) in [4.78, 5) is 2.61. The number of unbranched alkanes of at least 4 members (excludes halogenated alkanes) is 1. The van der Waals surface area contributed by atoms with Gasteiger partial charge in [0.15, 0.2) is 0 Å². The summed E-state index contributed by atoms with van der Waals surface area (Å²) < 4.78 is 0. The van der Waals surface area contributed by atoms with E-state index >= 15 is 0 Å². The van der Waals surface area contributed by atoms with Crippen molar-refractivity contribution in [2.75, 3.05) is 31.1 Å². The zero-order valence-corrected chi connectivity index (χ0v) is 19.5. The van der Waals surface area contributed by atoms with E-state index in [0.717, 1.165) is 32.1 Å². The molecule has 2 N–H and O–H groups in total. The highest BCUT2D eigenvalue weighted by Crippen LogP contribution is 2.47. The van der Waals surface area contributed by atoms with Crippen LogP contribution >= 0.6 is 11.8 Å². The Kier molecular flexibility index (Phi) is 9.16. The maximum atomic E-state index is 10.5. The molecule has 166 valence electrons. The molecule has 0 aromatic carbocycles. The van der Waals surface area contributed by atoms with Gasteiger partial charge in [-0.3, -0.25) is 0 Å². The molecular formula is C25H43NO2S. The van der Waals surface area contributed by atoms with Crippen LogP contribution < -0.4 is 0 Å². The van der Waals surface area contributed by atoms with Gasteiger partial charge < -0.3 is 15.1 Å². The van der Waals surface area contributed by atoms with Crippen LogP contribution in [-0.2, 0) is 0 Å². The lowest BCUT2D eigenvalue weighted by Gasteiger charge is -2.22. The fourth-order valence-electron chi connectivity index (χ4n) is 5.45. The van der Waals surface area contributed by atoms with E-state index in [0.29, 0.717) is 18.3 Å². The molecule has 0 spiro atoms. The van der Waals surface area contributed by atoms with Crippen molar-refractivity contribution in [3.8, 4) is 0 Å². The monoisotopic (exact) mass is 421 g/mol. The number of nitrogens with zero attached hydrogens (tertiary/aromatic N) is 1. The third kappa shape index (κ3) is 7.12. The van der Waals surface area contributed by atoms with Crippen LogP contribution in [0.1, 0.15) is 71.6 Å². The molecule has 4 heteroatoms. The van der Waals surface area contributed by atoms with Crippen molar-refractivity contribution in [3.63, 3.8) is 0 Å². The van der Waals surface area contributed by atoms with E-state index in [1.54, 1.807) is 5.57 Å². The fraction of sp³-hybridized carbons (Fsp3) is 0.840. The molecule has 2 fully saturated rings. The minimum absolute atomic E-state index is 0.215. The summed E-state index contributed by atoms with van der Waals surface area (Å²) >= 11 is 2.09. The van der Waals surface area contributed by atoms with Crippen LogP contribution in [-0.4, -0.2) is 58.0 Å². The minimum atomic E-state index is -0.611. The van der Waals surface area contributed by atoms with Crippen LogP contribution in [0.2, 0.25) is 0 Å². The summed E-state index contributed by atoms with van der Waals surface area (Å²) in [5, 5.41) is 21.0. The number of fused-ring (bicyclic) bond motifs is 1. The zero-order valence-electron chi connectivity index (χ0n) is 18.7. The van der Waals surface area contributed by atoms with Gasteiger partial charge in [-0.1, -0.05) is 43.6 Å². The molecule has 1 saturated heterocycles. The van der Waals surface area contributed by atoms with Crippen molar-refractivity contribution in [3.05, 3.63) is 23.8 Å². The minimum Gasteiger partial charge on any atom is -0.392 e. The number of rotatable bonds is 12. The first kappa shape index (κ1) is 23.4. The van der Waals surface area contributed by atoms with Gasteiger partial charge in [-0.25, -0.2) is 0 Å². The molecule has 3 aliphatic rings. The van der Waals surface area contributed by atoms with Gasteiger partial charge in [0, 0.05) is 11.7 Å². The molecule has 0 amide bonds. The summed E-state index contributed by atoms with van der Waals surface area (Å²) in [6.07, 6.45) is 16.5. The third-order valence-corrected chi connectivity index (χ3v) is 8.34. The van der Waals surface area contributed by atoms with Crippen molar-refractivity contribution in [2.45, 2.75) is 83.3 Å². The molecule has 0 unspecified atom stereocenters. The second-order valence-electron chi connectivity index (χ2n) is 9.92. The van der Waals surface area contributed by atoms with Gasteiger partial charge >= 0.3 is 0 Å². The van der Waals surface area contributed by atoms with Crippen LogP contribution in [0.5, 0.6) is 0 Å². The van der Waals surface area contributed by atoms with Crippen molar-refractivity contribution < 1.29 is 10.2 Å². The Hall–Kier alpha value is -0.290. The SMILES string of the molecule is CCCC[C@](C)(O)C/C=C/[C@@H]1[C@H]2CC(CSCCCN3CCCC3)=C[C@H]2C[C@H]1O. The van der Waals surface area contributed by atoms with Crippen LogP contribution in [0.4, 0.5) is 0 Å². The number of hydrogen-bond acceptors (Lipinski definition) is 4. The lowest BCUT2D eigenvalue weighted by Crippen LogP contribution is -2.23. The summed E-state index contributed by atoms with van der Waals surface area (Å²) in [5.41, 5.74) is 0.992. The lowest BCUT2D eigenvalue weighted by molar-refractivity contribution is 0.0513. The van der Waals surface area contributed by atoms with Gasteiger partial charge in [-0.05, 0) is 89.1 Å². The van der Waals surface area contributed by atoms with Crippen molar-refractivity contribution in [1.29, 1.82) is 0 Å². The molecule has 29 heavy (non-hydrogen) atoms. The highest BCUT2D eigenvalue weighted by atomic mass is 32.2. The quantitative estimate of drug-likeness (QED) is 0.342. The number of likely N-dealkylation sites (tertiary alicyclic amines) is 1. The topological polar surface area (TPSA) is 43.7 Å². The highest BCUT2D eigenvalue weighted by molar-refractivity contribution is 7.99. The molecule has 0 bridgehead atoms. The average Bonchev–Trinajstić information content (AvgIpc) is 3.38. The van der Waals surface area contributed by atoms with Gasteiger partial charge in [-0.2, -0.15) is 11.8 Å². The first-order valence-electron chi connectivity index (χ1n) is 12.1.